The van der Waals surface area contributed by atoms with Gasteiger partial charge in [-0.1, -0.05) is 0 Å². The van der Waals surface area contributed by atoms with Gasteiger partial charge in [-0.2, -0.15) is 25.3 Å². The molecule has 10 nitrogen and oxygen atoms in total. The fraction of sp³-hybridized carbons (Fsp3) is 0. The van der Waals surface area contributed by atoms with E-state index in [2.05, 4.69) is 0 Å². The van der Waals surface area contributed by atoms with Gasteiger partial charge in [0, 0.05) is 10.8 Å². The largest absolute Gasteiger partial charge is 0.507 e. The highest BCUT2D eigenvalue weighted by molar-refractivity contribution is 7.86. The zero-order valence-corrected chi connectivity index (χ0v) is 13.1. The van der Waals surface area contributed by atoms with Gasteiger partial charge >= 0.3 is 0 Å². The van der Waals surface area contributed by atoms with E-state index in [9.17, 15) is 30.4 Å². The summed E-state index contributed by atoms with van der Waals surface area (Å²) < 4.78 is 94.6. The Morgan fingerprint density at radius 3 is 1.70 bits per heavy atom. The Kier molecular flexibility index (Phi) is 3.91. The molecule has 0 amide bonds. The molecule has 2 aromatic carbocycles. The van der Waals surface area contributed by atoms with Gasteiger partial charge in [-0.3, -0.25) is 13.7 Å². The predicted octanol–water partition coefficient (Wildman–Crippen LogP) is 0.0857. The van der Waals surface area contributed by atoms with Crippen LogP contribution in [0.2, 0.25) is 0 Å². The van der Waals surface area contributed by atoms with Crippen molar-refractivity contribution in [2.45, 2.75) is 14.7 Å². The molecule has 2 aromatic rings. The van der Waals surface area contributed by atoms with Crippen LogP contribution < -0.4 is 0 Å². The van der Waals surface area contributed by atoms with Crippen molar-refractivity contribution >= 4 is 41.1 Å². The van der Waals surface area contributed by atoms with Crippen molar-refractivity contribution in [1.82, 2.24) is 0 Å². The molecule has 0 atom stereocenters. The van der Waals surface area contributed by atoms with Crippen molar-refractivity contribution in [3.8, 4) is 5.75 Å². The topological polar surface area (TPSA) is 183 Å². The first-order valence-electron chi connectivity index (χ1n) is 5.37. The van der Waals surface area contributed by atoms with Crippen LogP contribution in [0, 0.1) is 6.07 Å². The molecule has 13 heteroatoms. The standard InChI is InChI=1S/C10H7O10S3/c11-7-4-5(21(12,13)14)3-6-8(22(15,16)17)1-2-9(10(6)7)23(18,19)20/h1-3,11H,(H,12,13,14)(H,15,16,17)(H,18,19,20). The number of phenols is 1. The molecule has 0 saturated carbocycles. The summed E-state index contributed by atoms with van der Waals surface area (Å²) >= 11 is 0. The summed E-state index contributed by atoms with van der Waals surface area (Å²) in [7, 11) is -14.8. The number of fused-ring (bicyclic) bond motifs is 1. The lowest BCUT2D eigenvalue weighted by Gasteiger charge is -2.10. The van der Waals surface area contributed by atoms with Crippen LogP contribution in [0.25, 0.3) is 10.8 Å². The third kappa shape index (κ3) is 3.29. The van der Waals surface area contributed by atoms with E-state index in [1.165, 1.54) is 0 Å². The van der Waals surface area contributed by atoms with Crippen molar-refractivity contribution in [3.05, 3.63) is 24.3 Å². The first-order chi connectivity index (χ1) is 10.2. The van der Waals surface area contributed by atoms with Crippen LogP contribution in [0.3, 0.4) is 0 Å². The molecular formula is C10H7O10S3. The number of phenolic OH excluding ortho intramolecular Hbond substituents is 1. The summed E-state index contributed by atoms with van der Waals surface area (Å²) in [6, 6.07) is 3.38. The van der Waals surface area contributed by atoms with Gasteiger partial charge in [0.25, 0.3) is 30.4 Å². The zero-order valence-electron chi connectivity index (χ0n) is 10.7. The lowest BCUT2D eigenvalue weighted by atomic mass is 10.1. The van der Waals surface area contributed by atoms with E-state index in [0.29, 0.717) is 18.2 Å². The number of hydrogen-bond acceptors (Lipinski definition) is 7. The van der Waals surface area contributed by atoms with Crippen molar-refractivity contribution in [2.75, 3.05) is 0 Å². The Labute approximate surface area is 130 Å². The Bertz CT molecular complexity index is 1130. The monoisotopic (exact) mass is 383 g/mol. The van der Waals surface area contributed by atoms with Gasteiger partial charge < -0.3 is 5.11 Å². The molecule has 0 unspecified atom stereocenters. The minimum absolute atomic E-state index is 0.474. The van der Waals surface area contributed by atoms with E-state index >= 15 is 0 Å². The Morgan fingerprint density at radius 1 is 0.783 bits per heavy atom. The highest BCUT2D eigenvalue weighted by Crippen LogP contribution is 2.36. The van der Waals surface area contributed by atoms with E-state index in [-0.39, 0.29) is 0 Å². The molecule has 0 aliphatic heterocycles. The molecule has 0 heterocycles. The first-order valence-corrected chi connectivity index (χ1v) is 9.69. The minimum Gasteiger partial charge on any atom is -0.507 e. The summed E-state index contributed by atoms with van der Waals surface area (Å²) in [6.45, 7) is 0. The van der Waals surface area contributed by atoms with Crippen LogP contribution in [0.15, 0.2) is 32.9 Å². The van der Waals surface area contributed by atoms with Crippen molar-refractivity contribution in [1.29, 1.82) is 0 Å². The lowest BCUT2D eigenvalue weighted by molar-refractivity contribution is 0.466. The third-order valence-electron chi connectivity index (χ3n) is 2.75. The SMILES string of the molecule is O=S(=O)(O)c1[c]c(O)c2c(S(=O)(=O)O)ccc(S(=O)(=O)O)c2c1. The number of hydrogen-bond donors (Lipinski definition) is 4. The third-order valence-corrected chi connectivity index (χ3v) is 5.34. The van der Waals surface area contributed by atoms with Crippen molar-refractivity contribution < 1.29 is 44.0 Å². The molecule has 0 aliphatic carbocycles. The Balaban J connectivity index is 3.19. The number of benzene rings is 2. The van der Waals surface area contributed by atoms with Crippen LogP contribution in [0.1, 0.15) is 0 Å². The molecule has 0 saturated heterocycles. The van der Waals surface area contributed by atoms with E-state index in [1.54, 1.807) is 6.07 Å². The maximum absolute atomic E-state index is 11.3. The van der Waals surface area contributed by atoms with Crippen molar-refractivity contribution in [3.63, 3.8) is 0 Å². The average molecular weight is 383 g/mol. The van der Waals surface area contributed by atoms with Gasteiger partial charge in [-0.25, -0.2) is 0 Å². The molecule has 0 aliphatic rings. The van der Waals surface area contributed by atoms with Crippen LogP contribution in [-0.4, -0.2) is 44.0 Å². The highest BCUT2D eigenvalue weighted by atomic mass is 32.2. The molecule has 0 spiro atoms. The van der Waals surface area contributed by atoms with E-state index in [1.807, 2.05) is 0 Å². The molecule has 1 radical (unpaired) electrons. The molecule has 0 bridgehead atoms. The van der Waals surface area contributed by atoms with Gasteiger partial charge in [0.15, 0.2) is 0 Å². The smallest absolute Gasteiger partial charge is 0.295 e. The molecule has 2 rings (SSSR count). The quantitative estimate of drug-likeness (QED) is 0.529. The van der Waals surface area contributed by atoms with Crippen LogP contribution >= 0.6 is 0 Å². The molecule has 4 N–H and O–H groups in total. The van der Waals surface area contributed by atoms with E-state index < -0.39 is 61.6 Å². The van der Waals surface area contributed by atoms with Gasteiger partial charge in [0.05, 0.1) is 6.07 Å². The van der Waals surface area contributed by atoms with E-state index in [0.717, 1.165) is 0 Å². The molecule has 125 valence electrons. The lowest BCUT2D eigenvalue weighted by Crippen LogP contribution is -2.06. The first kappa shape index (κ1) is 17.6. The Hall–Kier alpha value is -1.77. The van der Waals surface area contributed by atoms with Gasteiger partial charge in [-0.15, -0.1) is 0 Å². The van der Waals surface area contributed by atoms with Crippen LogP contribution in [0.5, 0.6) is 5.75 Å². The molecule has 0 fully saturated rings. The number of aromatic hydroxyl groups is 1. The molecular weight excluding hydrogens is 376 g/mol. The fourth-order valence-corrected chi connectivity index (χ4v) is 3.77. The van der Waals surface area contributed by atoms with Crippen molar-refractivity contribution in [2.24, 2.45) is 0 Å². The summed E-state index contributed by atoms with van der Waals surface area (Å²) in [5.74, 6) is -1.17. The predicted molar refractivity (Wildman–Crippen MR) is 73.9 cm³/mol. The van der Waals surface area contributed by atoms with Crippen LogP contribution in [0.4, 0.5) is 0 Å². The van der Waals surface area contributed by atoms with Gasteiger partial charge in [-0.05, 0) is 18.2 Å². The van der Waals surface area contributed by atoms with Crippen LogP contribution in [-0.2, 0) is 30.4 Å². The van der Waals surface area contributed by atoms with E-state index in [4.69, 9.17) is 13.7 Å². The average Bonchev–Trinajstić information content (AvgIpc) is 2.33. The zero-order chi connectivity index (χ0) is 17.8. The second-order valence-electron chi connectivity index (χ2n) is 4.26. The summed E-state index contributed by atoms with van der Waals surface area (Å²) in [4.78, 5) is -2.97. The Morgan fingerprint density at radius 2 is 1.26 bits per heavy atom. The second-order valence-corrected chi connectivity index (χ2v) is 8.43. The second kappa shape index (κ2) is 5.12. The van der Waals surface area contributed by atoms with Gasteiger partial charge in [0.1, 0.15) is 20.4 Å². The fourth-order valence-electron chi connectivity index (χ4n) is 1.89. The molecule has 23 heavy (non-hydrogen) atoms. The highest BCUT2D eigenvalue weighted by Gasteiger charge is 2.25. The summed E-state index contributed by atoms with van der Waals surface area (Å²) in [5.41, 5.74) is 0. The number of rotatable bonds is 3. The minimum atomic E-state index is -4.95. The summed E-state index contributed by atoms with van der Waals surface area (Å²) in [5, 5.41) is 8.21. The summed E-state index contributed by atoms with van der Waals surface area (Å²) in [6.07, 6.45) is 0. The maximum atomic E-state index is 11.3. The van der Waals surface area contributed by atoms with Gasteiger partial charge in [0.2, 0.25) is 0 Å². The maximum Gasteiger partial charge on any atom is 0.295 e. The normalized spacial score (nSPS) is 13.3. The molecule has 0 aromatic heterocycles.